The van der Waals surface area contributed by atoms with Crippen molar-refractivity contribution in [1.29, 1.82) is 0 Å². The molecule has 1 saturated heterocycles. The highest BCUT2D eigenvalue weighted by Crippen LogP contribution is 2.36. The normalized spacial score (nSPS) is 15.8. The van der Waals surface area contributed by atoms with Crippen LogP contribution in [0, 0.1) is 13.8 Å². The van der Waals surface area contributed by atoms with Gasteiger partial charge in [0.1, 0.15) is 10.9 Å². The number of rotatable bonds is 8. The van der Waals surface area contributed by atoms with Gasteiger partial charge in [0.15, 0.2) is 5.69 Å². The van der Waals surface area contributed by atoms with Gasteiger partial charge in [-0.05, 0) is 67.5 Å². The number of benzene rings is 2. The number of nitrogens with one attached hydrogen (secondary N) is 2. The van der Waals surface area contributed by atoms with Crippen LogP contribution in [-0.4, -0.2) is 46.3 Å². The highest BCUT2D eigenvalue weighted by atomic mass is 32.1. The van der Waals surface area contributed by atoms with Gasteiger partial charge in [0.25, 0.3) is 11.8 Å². The zero-order chi connectivity index (χ0) is 27.7. The third kappa shape index (κ3) is 5.10. The van der Waals surface area contributed by atoms with E-state index >= 15 is 0 Å². The summed E-state index contributed by atoms with van der Waals surface area (Å²) in [5.74, 6) is -1.77. The van der Waals surface area contributed by atoms with Crippen molar-refractivity contribution in [2.75, 3.05) is 23.8 Å². The topological polar surface area (TPSA) is 156 Å². The molecule has 2 atom stereocenters. The van der Waals surface area contributed by atoms with Gasteiger partial charge >= 0.3 is 0 Å². The Labute approximate surface area is 229 Å². The second-order valence-corrected chi connectivity index (χ2v) is 10.4. The minimum atomic E-state index is -1.07. The fourth-order valence-corrected chi connectivity index (χ4v) is 5.57. The van der Waals surface area contributed by atoms with Crippen molar-refractivity contribution in [3.63, 3.8) is 0 Å². The molecule has 6 N–H and O–H groups in total. The van der Waals surface area contributed by atoms with Crippen molar-refractivity contribution in [3.05, 3.63) is 75.9 Å². The Balaban J connectivity index is 1.66. The Hall–Kier alpha value is -4.22. The molecular formula is C28H30N6O4S. The second kappa shape index (κ2) is 10.9. The number of aromatic nitrogens is 2. The highest BCUT2D eigenvalue weighted by Gasteiger charge is 2.37. The lowest BCUT2D eigenvalue weighted by Gasteiger charge is -2.31. The van der Waals surface area contributed by atoms with Crippen molar-refractivity contribution in [1.82, 2.24) is 14.7 Å². The number of fused-ring (bicyclic) bond motifs is 1. The van der Waals surface area contributed by atoms with Gasteiger partial charge in [-0.2, -0.15) is 4.37 Å². The molecule has 2 aromatic heterocycles. The van der Waals surface area contributed by atoms with Gasteiger partial charge in [-0.1, -0.05) is 24.3 Å². The molecule has 2 aromatic carbocycles. The lowest BCUT2D eigenvalue weighted by atomic mass is 10.0. The number of primary amides is 1. The summed E-state index contributed by atoms with van der Waals surface area (Å²) in [6.45, 7) is 4.89. The number of hydrogen-bond donors (Lipinski definition) is 4. The number of aromatic amines is 1. The first-order chi connectivity index (χ1) is 18.8. The largest absolute Gasteiger partial charge is 0.395 e. The van der Waals surface area contributed by atoms with E-state index in [0.717, 1.165) is 46.4 Å². The maximum atomic E-state index is 14.3. The molecule has 0 aliphatic carbocycles. The Morgan fingerprint density at radius 3 is 2.69 bits per heavy atom. The fourth-order valence-electron chi connectivity index (χ4n) is 4.83. The van der Waals surface area contributed by atoms with E-state index in [-0.39, 0.29) is 28.3 Å². The van der Waals surface area contributed by atoms with Crippen LogP contribution in [-0.2, 0) is 9.53 Å². The highest BCUT2D eigenvalue weighted by molar-refractivity contribution is 7.09. The average molecular weight is 547 g/mol. The van der Waals surface area contributed by atoms with Gasteiger partial charge in [-0.3, -0.25) is 19.3 Å². The third-order valence-electron chi connectivity index (χ3n) is 7.09. The lowest BCUT2D eigenvalue weighted by Crippen LogP contribution is -2.45. The first kappa shape index (κ1) is 26.4. The smallest absolute Gasteiger partial charge is 0.273 e. The first-order valence-corrected chi connectivity index (χ1v) is 13.4. The van der Waals surface area contributed by atoms with Gasteiger partial charge in [0.05, 0.1) is 11.8 Å². The van der Waals surface area contributed by atoms with Gasteiger partial charge in [0.2, 0.25) is 5.91 Å². The standard InChI is InChI=1S/C28H30N6O4S/c1-15-9-10-17(12-16(15)2)34(28(37)25-22(29)23(26(30)35)33-39-25)24(27(36)32-13-18-6-5-11-38-18)20-14-31-21-8-4-3-7-19(20)21/h3-4,7-10,12,14,18,24,31H,5-6,11,13,29H2,1-2H3,(H2,30,35)(H,32,36)/t18-,24+/m1/s1. The monoisotopic (exact) mass is 546 g/mol. The SMILES string of the molecule is Cc1ccc(N(C(=O)c2snc(C(N)=O)c2N)[C@H](C(=O)NC[C@H]2CCCO2)c2c[nH]c3ccccc23)cc1C. The van der Waals surface area contributed by atoms with E-state index in [2.05, 4.69) is 14.7 Å². The summed E-state index contributed by atoms with van der Waals surface area (Å²) in [6.07, 6.45) is 3.45. The van der Waals surface area contributed by atoms with E-state index in [9.17, 15) is 14.4 Å². The summed E-state index contributed by atoms with van der Waals surface area (Å²) in [4.78, 5) is 44.8. The van der Waals surface area contributed by atoms with Crippen LogP contribution < -0.4 is 21.7 Å². The van der Waals surface area contributed by atoms with Crippen LogP contribution in [0.3, 0.4) is 0 Å². The molecule has 0 bridgehead atoms. The predicted molar refractivity (Wildman–Crippen MR) is 151 cm³/mol. The second-order valence-electron chi connectivity index (χ2n) is 9.65. The average Bonchev–Trinajstić information content (AvgIpc) is 3.67. The molecule has 39 heavy (non-hydrogen) atoms. The molecule has 3 amide bonds. The number of hydrogen-bond acceptors (Lipinski definition) is 7. The number of nitrogens with zero attached hydrogens (tertiary/aromatic N) is 2. The molecule has 10 nitrogen and oxygen atoms in total. The lowest BCUT2D eigenvalue weighted by molar-refractivity contribution is -0.123. The molecule has 5 rings (SSSR count). The van der Waals surface area contributed by atoms with E-state index in [1.54, 1.807) is 12.3 Å². The van der Waals surface area contributed by atoms with Crippen molar-refractivity contribution in [2.24, 2.45) is 5.73 Å². The first-order valence-electron chi connectivity index (χ1n) is 12.7. The summed E-state index contributed by atoms with van der Waals surface area (Å²) in [5.41, 5.74) is 15.2. The molecule has 1 aliphatic heterocycles. The number of nitrogen functional groups attached to an aromatic ring is 1. The van der Waals surface area contributed by atoms with Crippen LogP contribution >= 0.6 is 11.5 Å². The summed E-state index contributed by atoms with van der Waals surface area (Å²) < 4.78 is 9.73. The maximum Gasteiger partial charge on any atom is 0.273 e. The molecular weight excluding hydrogens is 516 g/mol. The Morgan fingerprint density at radius 1 is 1.21 bits per heavy atom. The number of ether oxygens (including phenoxy) is 1. The molecule has 0 radical (unpaired) electrons. The van der Waals surface area contributed by atoms with Crippen LogP contribution in [0.25, 0.3) is 10.9 Å². The van der Waals surface area contributed by atoms with Crippen molar-refractivity contribution < 1.29 is 19.1 Å². The Bertz CT molecular complexity index is 1550. The van der Waals surface area contributed by atoms with E-state index < -0.39 is 17.9 Å². The Morgan fingerprint density at radius 2 is 2.00 bits per heavy atom. The fraction of sp³-hybridized carbons (Fsp3) is 0.286. The van der Waals surface area contributed by atoms with Gasteiger partial charge in [-0.15, -0.1) is 0 Å². The van der Waals surface area contributed by atoms with Gasteiger partial charge in [0, 0.05) is 41.5 Å². The predicted octanol–water partition coefficient (Wildman–Crippen LogP) is 3.61. The van der Waals surface area contributed by atoms with E-state index in [1.165, 1.54) is 4.90 Å². The van der Waals surface area contributed by atoms with Crippen LogP contribution in [0.4, 0.5) is 11.4 Å². The number of nitrogens with two attached hydrogens (primary N) is 2. The number of carbonyl (C=O) groups excluding carboxylic acids is 3. The third-order valence-corrected chi connectivity index (χ3v) is 7.94. The van der Waals surface area contributed by atoms with Crippen LogP contribution in [0.2, 0.25) is 0 Å². The van der Waals surface area contributed by atoms with Gasteiger partial charge in [-0.25, -0.2) is 0 Å². The van der Waals surface area contributed by atoms with Gasteiger partial charge < -0.3 is 26.5 Å². The van der Waals surface area contributed by atoms with Crippen LogP contribution in [0.15, 0.2) is 48.7 Å². The van der Waals surface area contributed by atoms with Crippen molar-refractivity contribution in [2.45, 2.75) is 38.8 Å². The quantitative estimate of drug-likeness (QED) is 0.264. The zero-order valence-corrected chi connectivity index (χ0v) is 22.5. The van der Waals surface area contributed by atoms with E-state index in [0.29, 0.717) is 24.4 Å². The molecule has 202 valence electrons. The molecule has 3 heterocycles. The number of amides is 3. The Kier molecular flexibility index (Phi) is 7.36. The van der Waals surface area contributed by atoms with E-state index in [1.807, 2.05) is 50.2 Å². The van der Waals surface area contributed by atoms with E-state index in [4.69, 9.17) is 16.2 Å². The molecule has 11 heteroatoms. The number of aryl methyl sites for hydroxylation is 2. The van der Waals surface area contributed by atoms with Crippen LogP contribution in [0.5, 0.6) is 0 Å². The molecule has 0 spiro atoms. The summed E-state index contributed by atoms with van der Waals surface area (Å²) >= 11 is 0.780. The number of carbonyl (C=O) groups is 3. The molecule has 4 aromatic rings. The molecule has 1 fully saturated rings. The minimum absolute atomic E-state index is 0.0267. The molecule has 1 aliphatic rings. The summed E-state index contributed by atoms with van der Waals surface area (Å²) in [7, 11) is 0. The van der Waals surface area contributed by atoms with Crippen molar-refractivity contribution in [3.8, 4) is 0 Å². The summed E-state index contributed by atoms with van der Waals surface area (Å²) in [5, 5.41) is 3.81. The number of para-hydroxylation sites is 1. The molecule has 0 saturated carbocycles. The van der Waals surface area contributed by atoms with Crippen molar-refractivity contribution >= 4 is 51.5 Å². The molecule has 0 unspecified atom stereocenters. The number of anilines is 2. The summed E-state index contributed by atoms with van der Waals surface area (Å²) in [6, 6.07) is 12.0. The maximum absolute atomic E-state index is 14.3. The van der Waals surface area contributed by atoms with Crippen LogP contribution in [0.1, 0.15) is 55.7 Å². The number of H-pyrrole nitrogens is 1. The minimum Gasteiger partial charge on any atom is -0.395 e. The zero-order valence-electron chi connectivity index (χ0n) is 21.7.